The van der Waals surface area contributed by atoms with Crippen molar-refractivity contribution in [3.8, 4) is 0 Å². The van der Waals surface area contributed by atoms with E-state index in [-0.39, 0.29) is 11.5 Å². The molecule has 2 heteroatoms. The number of rotatable bonds is 1. The summed E-state index contributed by atoms with van der Waals surface area (Å²) in [5.74, 6) is 0.262. The van der Waals surface area contributed by atoms with Crippen LogP contribution in [0.5, 0.6) is 0 Å². The van der Waals surface area contributed by atoms with Gasteiger partial charge in [0.25, 0.3) is 6.43 Å². The third kappa shape index (κ3) is 2.03. The minimum Gasteiger partial charge on any atom is -0.205 e. The molecule has 0 aromatic rings. The van der Waals surface area contributed by atoms with Crippen molar-refractivity contribution in [3.63, 3.8) is 0 Å². The molecule has 1 rings (SSSR count). The summed E-state index contributed by atoms with van der Waals surface area (Å²) in [5, 5.41) is 0. The molecule has 0 aromatic carbocycles. The second kappa shape index (κ2) is 3.65. The molecule has 0 aliphatic heterocycles. The fraction of sp³-hybridized carbons (Fsp3) is 0.400. The Kier molecular flexibility index (Phi) is 2.79. The van der Waals surface area contributed by atoms with Gasteiger partial charge in [0.15, 0.2) is 0 Å². The Morgan fingerprint density at radius 1 is 1.33 bits per heavy atom. The van der Waals surface area contributed by atoms with Gasteiger partial charge in [0.05, 0.1) is 0 Å². The van der Waals surface area contributed by atoms with Crippen molar-refractivity contribution in [1.29, 1.82) is 0 Å². The second-order valence-electron chi connectivity index (χ2n) is 3.03. The van der Waals surface area contributed by atoms with E-state index in [9.17, 15) is 8.78 Å². The van der Waals surface area contributed by atoms with E-state index < -0.39 is 6.43 Å². The van der Waals surface area contributed by atoms with Crippen LogP contribution in [0.15, 0.2) is 35.5 Å². The molecule has 1 atom stereocenters. The van der Waals surface area contributed by atoms with Gasteiger partial charge in [-0.2, -0.15) is 0 Å². The maximum Gasteiger partial charge on any atom is 0.263 e. The molecule has 12 heavy (non-hydrogen) atoms. The molecule has 0 nitrogen and oxygen atoms in total. The molecule has 0 saturated heterocycles. The minimum absolute atomic E-state index is 0.0960. The van der Waals surface area contributed by atoms with Gasteiger partial charge in [0.1, 0.15) is 0 Å². The summed E-state index contributed by atoms with van der Waals surface area (Å²) < 4.78 is 24.4. The molecule has 0 fully saturated rings. The summed E-state index contributed by atoms with van der Waals surface area (Å²) in [6, 6.07) is 0. The Labute approximate surface area is 71.3 Å². The zero-order chi connectivity index (χ0) is 9.14. The fourth-order valence-corrected chi connectivity index (χ4v) is 0.988. The average Bonchev–Trinajstić information content (AvgIpc) is 2.16. The monoisotopic (exact) mass is 170 g/mol. The molecule has 1 unspecified atom stereocenters. The van der Waals surface area contributed by atoms with Crippen molar-refractivity contribution in [1.82, 2.24) is 0 Å². The van der Waals surface area contributed by atoms with Gasteiger partial charge in [0.2, 0.25) is 0 Å². The maximum atomic E-state index is 12.2. The Morgan fingerprint density at radius 3 is 2.58 bits per heavy atom. The molecule has 1 aliphatic carbocycles. The average molecular weight is 170 g/mol. The Hall–Kier alpha value is -0.920. The zero-order valence-electron chi connectivity index (χ0n) is 7.22. The van der Waals surface area contributed by atoms with E-state index in [1.54, 1.807) is 12.2 Å². The Balaban J connectivity index is 2.88. The van der Waals surface area contributed by atoms with E-state index in [0.717, 1.165) is 5.57 Å². The summed E-state index contributed by atoms with van der Waals surface area (Å²) in [6.45, 7) is 3.94. The van der Waals surface area contributed by atoms with Crippen LogP contribution in [-0.4, -0.2) is 6.43 Å². The van der Waals surface area contributed by atoms with Crippen molar-refractivity contribution < 1.29 is 8.78 Å². The number of allylic oxidation sites excluding steroid dienone is 6. The van der Waals surface area contributed by atoms with Crippen LogP contribution in [0.3, 0.4) is 0 Å². The van der Waals surface area contributed by atoms with E-state index in [1.165, 1.54) is 12.2 Å². The smallest absolute Gasteiger partial charge is 0.205 e. The standard InChI is InChI=1S/C10H12F2/c1-7-3-5-9(10(11)12)6-4-8(7)2/h3-7,10H,1-2H3. The van der Waals surface area contributed by atoms with Crippen LogP contribution in [0.2, 0.25) is 0 Å². The van der Waals surface area contributed by atoms with Crippen molar-refractivity contribution in [3.05, 3.63) is 35.5 Å². The third-order valence-electron chi connectivity index (χ3n) is 2.09. The Morgan fingerprint density at radius 2 is 2.00 bits per heavy atom. The maximum absolute atomic E-state index is 12.2. The van der Waals surface area contributed by atoms with E-state index >= 15 is 0 Å². The van der Waals surface area contributed by atoms with Gasteiger partial charge in [-0.25, -0.2) is 8.78 Å². The lowest BCUT2D eigenvalue weighted by atomic mass is 10.0. The van der Waals surface area contributed by atoms with Crippen LogP contribution in [0.1, 0.15) is 13.8 Å². The third-order valence-corrected chi connectivity index (χ3v) is 2.09. The topological polar surface area (TPSA) is 0 Å². The zero-order valence-corrected chi connectivity index (χ0v) is 7.22. The molecular weight excluding hydrogens is 158 g/mol. The molecular formula is C10H12F2. The molecule has 0 bridgehead atoms. The fourth-order valence-electron chi connectivity index (χ4n) is 0.988. The summed E-state index contributed by atoms with van der Waals surface area (Å²) in [6.07, 6.45) is 4.18. The lowest BCUT2D eigenvalue weighted by Gasteiger charge is -2.02. The van der Waals surface area contributed by atoms with Crippen LogP contribution in [0.25, 0.3) is 0 Å². The lowest BCUT2D eigenvalue weighted by molar-refractivity contribution is 0.194. The van der Waals surface area contributed by atoms with Gasteiger partial charge in [-0.15, -0.1) is 0 Å². The molecule has 66 valence electrons. The molecule has 0 aromatic heterocycles. The Bertz CT molecular complexity index is 247. The molecule has 1 aliphatic rings. The largest absolute Gasteiger partial charge is 0.263 e. The van der Waals surface area contributed by atoms with E-state index in [1.807, 2.05) is 13.8 Å². The first-order valence-electron chi connectivity index (χ1n) is 3.96. The van der Waals surface area contributed by atoms with Gasteiger partial charge in [-0.1, -0.05) is 36.8 Å². The first-order valence-corrected chi connectivity index (χ1v) is 3.96. The molecule has 0 heterocycles. The van der Waals surface area contributed by atoms with Crippen LogP contribution in [0, 0.1) is 5.92 Å². The highest BCUT2D eigenvalue weighted by Gasteiger charge is 2.10. The summed E-state index contributed by atoms with van der Waals surface area (Å²) in [4.78, 5) is 0. The molecule has 0 amide bonds. The number of halogens is 2. The molecule has 0 radical (unpaired) electrons. The van der Waals surface area contributed by atoms with Crippen LogP contribution < -0.4 is 0 Å². The van der Waals surface area contributed by atoms with Crippen LogP contribution in [-0.2, 0) is 0 Å². The normalized spacial score (nSPS) is 23.6. The number of hydrogen-bond donors (Lipinski definition) is 0. The number of hydrogen-bond acceptors (Lipinski definition) is 0. The summed E-state index contributed by atoms with van der Waals surface area (Å²) in [7, 11) is 0. The van der Waals surface area contributed by atoms with Gasteiger partial charge in [-0.3, -0.25) is 0 Å². The summed E-state index contributed by atoms with van der Waals surface area (Å²) >= 11 is 0. The van der Waals surface area contributed by atoms with Crippen LogP contribution in [0.4, 0.5) is 8.78 Å². The predicted octanol–water partition coefficient (Wildman–Crippen LogP) is 3.33. The second-order valence-corrected chi connectivity index (χ2v) is 3.03. The SMILES string of the molecule is CC1=CC=C(C(F)F)C=CC1C. The lowest BCUT2D eigenvalue weighted by Crippen LogP contribution is -1.92. The first-order chi connectivity index (χ1) is 5.61. The van der Waals surface area contributed by atoms with Gasteiger partial charge >= 0.3 is 0 Å². The molecule has 0 N–H and O–H groups in total. The highest BCUT2D eigenvalue weighted by Crippen LogP contribution is 2.20. The van der Waals surface area contributed by atoms with Crippen molar-refractivity contribution >= 4 is 0 Å². The van der Waals surface area contributed by atoms with Gasteiger partial charge < -0.3 is 0 Å². The first kappa shape index (κ1) is 9.17. The molecule has 0 saturated carbocycles. The van der Waals surface area contributed by atoms with E-state index in [2.05, 4.69) is 0 Å². The summed E-state index contributed by atoms with van der Waals surface area (Å²) in [5.41, 5.74) is 1.21. The predicted molar refractivity (Wildman–Crippen MR) is 46.1 cm³/mol. The van der Waals surface area contributed by atoms with Crippen LogP contribution >= 0.6 is 0 Å². The van der Waals surface area contributed by atoms with E-state index in [4.69, 9.17) is 0 Å². The number of alkyl halides is 2. The van der Waals surface area contributed by atoms with Gasteiger partial charge in [0, 0.05) is 5.57 Å². The highest BCUT2D eigenvalue weighted by molar-refractivity contribution is 5.33. The van der Waals surface area contributed by atoms with Crippen molar-refractivity contribution in [2.24, 2.45) is 5.92 Å². The van der Waals surface area contributed by atoms with Crippen molar-refractivity contribution in [2.45, 2.75) is 20.3 Å². The highest BCUT2D eigenvalue weighted by atomic mass is 19.3. The van der Waals surface area contributed by atoms with Crippen molar-refractivity contribution in [2.75, 3.05) is 0 Å². The van der Waals surface area contributed by atoms with E-state index in [0.29, 0.717) is 0 Å². The van der Waals surface area contributed by atoms with Gasteiger partial charge in [-0.05, 0) is 12.8 Å². The molecule has 0 spiro atoms. The minimum atomic E-state index is -2.37. The quantitative estimate of drug-likeness (QED) is 0.566.